The number of ketones is 2. The second-order valence-electron chi connectivity index (χ2n) is 7.97. The number of fused-ring (bicyclic) bond motifs is 6. The molecule has 0 radical (unpaired) electrons. The van der Waals surface area contributed by atoms with E-state index < -0.39 is 0 Å². The number of benzene rings is 2. The van der Waals surface area contributed by atoms with Crippen molar-refractivity contribution >= 4 is 33.4 Å². The Bertz CT molecular complexity index is 1350. The molecule has 0 spiro atoms. The molecule has 1 aliphatic carbocycles. The molecule has 0 fully saturated rings. The van der Waals surface area contributed by atoms with Crippen molar-refractivity contribution in [2.24, 2.45) is 0 Å². The minimum Gasteiger partial charge on any atom is -0.618 e. The van der Waals surface area contributed by atoms with Crippen LogP contribution in [0.5, 0.6) is 0 Å². The number of rotatable bonds is 4. The van der Waals surface area contributed by atoms with Gasteiger partial charge >= 0.3 is 0 Å². The summed E-state index contributed by atoms with van der Waals surface area (Å²) in [6, 6.07) is 14.5. The highest BCUT2D eigenvalue weighted by atomic mass is 16.5. The molecule has 6 nitrogen and oxygen atoms in total. The summed E-state index contributed by atoms with van der Waals surface area (Å²) >= 11 is 0. The number of hydrogen-bond acceptors (Lipinski definition) is 4. The molecule has 0 aliphatic heterocycles. The molecule has 6 heteroatoms. The number of carbonyl (C=O) groups excluding carboxylic acids is 2. The van der Waals surface area contributed by atoms with Gasteiger partial charge in [-0.1, -0.05) is 30.3 Å². The van der Waals surface area contributed by atoms with Gasteiger partial charge in [0.15, 0.2) is 6.20 Å². The van der Waals surface area contributed by atoms with Gasteiger partial charge in [-0.3, -0.25) is 9.59 Å². The Morgan fingerprint density at radius 1 is 0.933 bits per heavy atom. The smallest absolute Gasteiger partial charge is 0.224 e. The van der Waals surface area contributed by atoms with Crippen molar-refractivity contribution in [3.63, 3.8) is 0 Å². The van der Waals surface area contributed by atoms with Crippen molar-refractivity contribution in [1.29, 1.82) is 0 Å². The minimum atomic E-state index is -0.266. The molecule has 0 saturated carbocycles. The van der Waals surface area contributed by atoms with E-state index in [0.717, 1.165) is 23.9 Å². The highest BCUT2D eigenvalue weighted by molar-refractivity contribution is 6.34. The maximum atomic E-state index is 13.8. The van der Waals surface area contributed by atoms with Crippen LogP contribution in [0.4, 0.5) is 0 Å². The molecule has 2 aromatic carbocycles. The summed E-state index contributed by atoms with van der Waals surface area (Å²) in [6.45, 7) is 1.51. The van der Waals surface area contributed by atoms with Crippen molar-refractivity contribution in [2.45, 2.75) is 13.0 Å². The molecule has 0 unspecified atom stereocenters. The van der Waals surface area contributed by atoms with Crippen molar-refractivity contribution in [1.82, 2.24) is 9.47 Å². The molecule has 0 N–H and O–H groups in total. The lowest BCUT2D eigenvalue weighted by Crippen LogP contribution is -2.33. The lowest BCUT2D eigenvalue weighted by Gasteiger charge is -2.19. The van der Waals surface area contributed by atoms with Crippen molar-refractivity contribution < 1.29 is 14.3 Å². The van der Waals surface area contributed by atoms with E-state index in [1.165, 1.54) is 6.20 Å². The number of hydrogen-bond donors (Lipinski definition) is 0. The summed E-state index contributed by atoms with van der Waals surface area (Å²) in [5.74, 6) is -0.463. The van der Waals surface area contributed by atoms with Crippen LogP contribution in [0.15, 0.2) is 54.7 Å². The lowest BCUT2D eigenvalue weighted by atomic mass is 9.85. The topological polar surface area (TPSA) is 69.2 Å². The Hall–Kier alpha value is -3.51. The zero-order valence-electron chi connectivity index (χ0n) is 16.9. The fourth-order valence-electron chi connectivity index (χ4n) is 4.49. The van der Waals surface area contributed by atoms with E-state index in [1.54, 1.807) is 24.3 Å². The lowest BCUT2D eigenvalue weighted by molar-refractivity contribution is -0.577. The van der Waals surface area contributed by atoms with Gasteiger partial charge in [0, 0.05) is 23.5 Å². The van der Waals surface area contributed by atoms with Gasteiger partial charge in [0.1, 0.15) is 5.69 Å². The highest BCUT2D eigenvalue weighted by Gasteiger charge is 2.38. The third-order valence-corrected chi connectivity index (χ3v) is 5.80. The predicted molar refractivity (Wildman–Crippen MR) is 115 cm³/mol. The molecule has 1 aliphatic rings. The number of nitrogens with zero attached hydrogens (tertiary/aromatic N) is 3. The molecule has 30 heavy (non-hydrogen) atoms. The third-order valence-electron chi connectivity index (χ3n) is 5.80. The Morgan fingerprint density at radius 2 is 1.63 bits per heavy atom. The van der Waals surface area contributed by atoms with E-state index >= 15 is 0 Å². The van der Waals surface area contributed by atoms with Crippen LogP contribution in [0.1, 0.15) is 38.4 Å². The van der Waals surface area contributed by atoms with Crippen molar-refractivity contribution in [3.8, 4) is 0 Å². The summed E-state index contributed by atoms with van der Waals surface area (Å²) in [6.07, 6.45) is 2.10. The molecule has 2 aromatic heterocycles. The Morgan fingerprint density at radius 3 is 2.40 bits per heavy atom. The number of aryl methyl sites for hydroxylation is 1. The Kier molecular flexibility index (Phi) is 4.18. The van der Waals surface area contributed by atoms with E-state index in [4.69, 9.17) is 0 Å². The summed E-state index contributed by atoms with van der Waals surface area (Å²) in [5.41, 5.74) is 2.60. The molecule has 0 amide bonds. The fourth-order valence-corrected chi connectivity index (χ4v) is 4.49. The maximum Gasteiger partial charge on any atom is 0.224 e. The number of pyridine rings is 1. The average Bonchev–Trinajstić information content (AvgIpc) is 3.07. The van der Waals surface area contributed by atoms with Gasteiger partial charge in [-0.05, 0) is 39.2 Å². The van der Waals surface area contributed by atoms with Gasteiger partial charge in [-0.2, -0.15) is 4.73 Å². The van der Waals surface area contributed by atoms with Crippen molar-refractivity contribution in [2.75, 3.05) is 20.6 Å². The highest BCUT2D eigenvalue weighted by Crippen LogP contribution is 2.37. The van der Waals surface area contributed by atoms with Gasteiger partial charge in [-0.15, -0.1) is 0 Å². The van der Waals surface area contributed by atoms with E-state index in [0.29, 0.717) is 39.0 Å². The predicted octanol–water partition coefficient (Wildman–Crippen LogP) is 3.16. The average molecular weight is 399 g/mol. The fraction of sp³-hybridized carbons (Fsp3) is 0.208. The first-order valence-electron chi connectivity index (χ1n) is 9.99. The van der Waals surface area contributed by atoms with E-state index in [-0.39, 0.29) is 17.1 Å². The third kappa shape index (κ3) is 2.57. The van der Waals surface area contributed by atoms with Crippen LogP contribution in [0.2, 0.25) is 0 Å². The molecular weight excluding hydrogens is 378 g/mol. The molecular formula is C24H21N3O3. The molecule has 0 saturated heterocycles. The van der Waals surface area contributed by atoms with Gasteiger partial charge in [0.2, 0.25) is 17.1 Å². The Labute approximate surface area is 173 Å². The SMILES string of the molecule is CN(C)CCCn1c2c(c3ccccc31)C(=O)c1c[n+]([O-])c3ccccc3c1C2=O. The quantitative estimate of drug-likeness (QED) is 0.344. The molecule has 150 valence electrons. The summed E-state index contributed by atoms with van der Waals surface area (Å²) in [4.78, 5) is 29.4. The number of para-hydroxylation sites is 2. The van der Waals surface area contributed by atoms with Gasteiger partial charge in [-0.25, -0.2) is 0 Å². The van der Waals surface area contributed by atoms with Crippen LogP contribution in [0.3, 0.4) is 0 Å². The zero-order valence-corrected chi connectivity index (χ0v) is 16.9. The van der Waals surface area contributed by atoms with Crippen LogP contribution >= 0.6 is 0 Å². The number of carbonyl (C=O) groups is 2. The van der Waals surface area contributed by atoms with E-state index in [2.05, 4.69) is 4.90 Å². The second-order valence-corrected chi connectivity index (χ2v) is 7.97. The van der Waals surface area contributed by atoms with Gasteiger partial charge < -0.3 is 14.7 Å². The van der Waals surface area contributed by atoms with Crippen molar-refractivity contribution in [3.05, 3.63) is 82.3 Å². The summed E-state index contributed by atoms with van der Waals surface area (Å²) < 4.78 is 2.66. The summed E-state index contributed by atoms with van der Waals surface area (Å²) in [7, 11) is 4.02. The molecule has 5 rings (SSSR count). The number of aromatic nitrogens is 2. The van der Waals surface area contributed by atoms with E-state index in [9.17, 15) is 14.8 Å². The van der Waals surface area contributed by atoms with Crippen LogP contribution in [-0.4, -0.2) is 41.7 Å². The van der Waals surface area contributed by atoms with Gasteiger partial charge in [0.25, 0.3) is 0 Å². The molecule has 0 bridgehead atoms. The summed E-state index contributed by atoms with van der Waals surface area (Å²) in [5, 5.41) is 13.8. The van der Waals surface area contributed by atoms with Gasteiger partial charge in [0.05, 0.1) is 22.1 Å². The first-order chi connectivity index (χ1) is 14.5. The molecule has 4 aromatic rings. The minimum absolute atomic E-state index is 0.178. The van der Waals surface area contributed by atoms with E-state index in [1.807, 2.05) is 42.9 Å². The standard InChI is InChI=1S/C24H21N3O3/c1-25(2)12-7-13-26-18-10-5-3-8-15(18)21-22(26)24(29)20-16-9-4-6-11-19(16)27(30)14-17(20)23(21)28/h3-6,8-11,14H,7,12-13H2,1-2H3. The molecule has 2 heterocycles. The Balaban J connectivity index is 1.79. The van der Waals surface area contributed by atoms with Crippen LogP contribution in [0.25, 0.3) is 21.8 Å². The first-order valence-corrected chi connectivity index (χ1v) is 9.99. The monoisotopic (exact) mass is 399 g/mol. The first kappa shape index (κ1) is 18.5. The second kappa shape index (κ2) is 6.78. The zero-order chi connectivity index (χ0) is 21.0. The largest absolute Gasteiger partial charge is 0.618 e. The van der Waals surface area contributed by atoms with Crippen LogP contribution in [0, 0.1) is 5.21 Å². The van der Waals surface area contributed by atoms with Crippen LogP contribution in [-0.2, 0) is 6.54 Å². The van der Waals surface area contributed by atoms with Crippen LogP contribution < -0.4 is 4.73 Å². The normalized spacial score (nSPS) is 13.3. The molecule has 0 atom stereocenters. The maximum absolute atomic E-state index is 13.8.